The molecule has 0 bridgehead atoms. The molecular formula is C19H30ClN3O. The van der Waals surface area contributed by atoms with Gasteiger partial charge in [-0.05, 0) is 37.3 Å². The van der Waals surface area contributed by atoms with Gasteiger partial charge in [0.05, 0.1) is 0 Å². The van der Waals surface area contributed by atoms with Crippen molar-refractivity contribution in [3.63, 3.8) is 0 Å². The molecule has 1 aromatic rings. The summed E-state index contributed by atoms with van der Waals surface area (Å²) in [5.41, 5.74) is 1.44. The predicted octanol–water partition coefficient (Wildman–Crippen LogP) is 2.18. The number of benzene rings is 1. The van der Waals surface area contributed by atoms with Crippen molar-refractivity contribution in [2.24, 2.45) is 5.92 Å². The number of hydrogen-bond acceptors (Lipinski definition) is 3. The second-order valence-electron chi connectivity index (χ2n) is 6.88. The monoisotopic (exact) mass is 351 g/mol. The second kappa shape index (κ2) is 10.0. The molecule has 24 heavy (non-hydrogen) atoms. The van der Waals surface area contributed by atoms with Gasteiger partial charge in [-0.3, -0.25) is 4.79 Å². The molecule has 2 aliphatic rings. The maximum Gasteiger partial charge on any atom is 0.223 e. The van der Waals surface area contributed by atoms with Crippen LogP contribution in [0.25, 0.3) is 0 Å². The number of carbonyl (C=O) groups is 1. The van der Waals surface area contributed by atoms with Crippen molar-refractivity contribution in [2.45, 2.75) is 25.7 Å². The lowest BCUT2D eigenvalue weighted by Crippen LogP contribution is -2.47. The van der Waals surface area contributed by atoms with Crippen LogP contribution in [0.2, 0.25) is 0 Å². The van der Waals surface area contributed by atoms with Crippen LogP contribution >= 0.6 is 12.4 Å². The lowest BCUT2D eigenvalue weighted by molar-refractivity contribution is -0.132. The van der Waals surface area contributed by atoms with E-state index in [0.29, 0.717) is 12.3 Å². The van der Waals surface area contributed by atoms with Crippen molar-refractivity contribution < 1.29 is 4.79 Å². The van der Waals surface area contributed by atoms with Crippen LogP contribution in [-0.2, 0) is 11.2 Å². The molecule has 2 fully saturated rings. The van der Waals surface area contributed by atoms with Gasteiger partial charge in [0.1, 0.15) is 0 Å². The molecule has 2 aliphatic heterocycles. The van der Waals surface area contributed by atoms with Crippen LogP contribution < -0.4 is 5.32 Å². The van der Waals surface area contributed by atoms with E-state index in [9.17, 15) is 4.79 Å². The van der Waals surface area contributed by atoms with E-state index < -0.39 is 0 Å². The molecule has 1 aromatic carbocycles. The summed E-state index contributed by atoms with van der Waals surface area (Å²) < 4.78 is 0. The summed E-state index contributed by atoms with van der Waals surface area (Å²) in [5, 5.41) is 3.30. The number of nitrogens with zero attached hydrogens (tertiary/aromatic N) is 2. The van der Waals surface area contributed by atoms with E-state index in [-0.39, 0.29) is 12.4 Å². The Morgan fingerprint density at radius 3 is 2.62 bits per heavy atom. The van der Waals surface area contributed by atoms with Crippen molar-refractivity contribution in [2.75, 3.05) is 45.8 Å². The Morgan fingerprint density at radius 2 is 1.88 bits per heavy atom. The third kappa shape index (κ3) is 5.76. The highest BCUT2D eigenvalue weighted by molar-refractivity contribution is 5.85. The number of halogens is 1. The Morgan fingerprint density at radius 1 is 1.12 bits per heavy atom. The largest absolute Gasteiger partial charge is 0.340 e. The molecular weight excluding hydrogens is 322 g/mol. The SMILES string of the molecule is Cl.O=C(CCN1CCCC(Cc2ccccc2)C1)N1CCNCC1. The van der Waals surface area contributed by atoms with Crippen LogP contribution in [0.4, 0.5) is 0 Å². The summed E-state index contributed by atoms with van der Waals surface area (Å²) in [6.07, 6.45) is 4.43. The quantitative estimate of drug-likeness (QED) is 0.883. The number of carbonyl (C=O) groups excluding carboxylic acids is 1. The first-order chi connectivity index (χ1) is 11.3. The zero-order chi connectivity index (χ0) is 15.9. The minimum absolute atomic E-state index is 0. The number of piperidine rings is 1. The molecule has 1 unspecified atom stereocenters. The van der Waals surface area contributed by atoms with E-state index >= 15 is 0 Å². The Hall–Kier alpha value is -1.10. The van der Waals surface area contributed by atoms with Gasteiger partial charge in [-0.2, -0.15) is 0 Å². The second-order valence-corrected chi connectivity index (χ2v) is 6.88. The predicted molar refractivity (Wildman–Crippen MR) is 101 cm³/mol. The van der Waals surface area contributed by atoms with E-state index in [0.717, 1.165) is 51.7 Å². The Balaban J connectivity index is 0.00000208. The highest BCUT2D eigenvalue weighted by atomic mass is 35.5. The molecule has 0 aliphatic carbocycles. The van der Waals surface area contributed by atoms with E-state index in [4.69, 9.17) is 0 Å². The summed E-state index contributed by atoms with van der Waals surface area (Å²) in [5.74, 6) is 1.07. The van der Waals surface area contributed by atoms with Gasteiger partial charge in [-0.15, -0.1) is 12.4 Å². The summed E-state index contributed by atoms with van der Waals surface area (Å²) >= 11 is 0. The third-order valence-corrected chi connectivity index (χ3v) is 5.08. The Bertz CT molecular complexity index is 491. The molecule has 134 valence electrons. The molecule has 1 amide bonds. The molecule has 1 N–H and O–H groups in total. The Labute approximate surface area is 152 Å². The summed E-state index contributed by atoms with van der Waals surface area (Å²) in [6.45, 7) is 6.84. The average molecular weight is 352 g/mol. The molecule has 0 aromatic heterocycles. The summed E-state index contributed by atoms with van der Waals surface area (Å²) in [7, 11) is 0. The van der Waals surface area contributed by atoms with E-state index in [1.807, 2.05) is 4.90 Å². The van der Waals surface area contributed by atoms with E-state index in [1.165, 1.54) is 24.8 Å². The van der Waals surface area contributed by atoms with Gasteiger partial charge in [-0.1, -0.05) is 30.3 Å². The van der Waals surface area contributed by atoms with Crippen LogP contribution in [-0.4, -0.2) is 61.5 Å². The van der Waals surface area contributed by atoms with Crippen LogP contribution in [0.15, 0.2) is 30.3 Å². The lowest BCUT2D eigenvalue weighted by Gasteiger charge is -2.33. The highest BCUT2D eigenvalue weighted by Crippen LogP contribution is 2.21. The molecule has 0 radical (unpaired) electrons. The fourth-order valence-corrected chi connectivity index (χ4v) is 3.79. The normalized spacial score (nSPS) is 22.0. The van der Waals surface area contributed by atoms with Gasteiger partial charge in [0.25, 0.3) is 0 Å². The van der Waals surface area contributed by atoms with Gasteiger partial charge in [0.2, 0.25) is 5.91 Å². The van der Waals surface area contributed by atoms with Gasteiger partial charge < -0.3 is 15.1 Å². The van der Waals surface area contributed by atoms with Crippen LogP contribution in [0.1, 0.15) is 24.8 Å². The van der Waals surface area contributed by atoms with Crippen molar-refractivity contribution in [1.29, 1.82) is 0 Å². The Kier molecular flexibility index (Phi) is 8.03. The average Bonchev–Trinajstić information content (AvgIpc) is 2.62. The molecule has 2 saturated heterocycles. The number of rotatable bonds is 5. The van der Waals surface area contributed by atoms with Crippen molar-refractivity contribution in [3.8, 4) is 0 Å². The maximum absolute atomic E-state index is 12.3. The third-order valence-electron chi connectivity index (χ3n) is 5.08. The molecule has 4 nitrogen and oxygen atoms in total. The minimum Gasteiger partial charge on any atom is -0.340 e. The van der Waals surface area contributed by atoms with Crippen LogP contribution in [0, 0.1) is 5.92 Å². The van der Waals surface area contributed by atoms with E-state index in [1.54, 1.807) is 0 Å². The highest BCUT2D eigenvalue weighted by Gasteiger charge is 2.22. The number of piperazine rings is 1. The first kappa shape index (κ1) is 19.2. The summed E-state index contributed by atoms with van der Waals surface area (Å²) in [4.78, 5) is 16.8. The fraction of sp³-hybridized carbons (Fsp3) is 0.632. The standard InChI is InChI=1S/C19H29N3O.ClH/c23-19(22-13-9-20-10-14-22)8-12-21-11-4-7-18(16-21)15-17-5-2-1-3-6-17;/h1-3,5-6,18,20H,4,7-16H2;1H. The van der Waals surface area contributed by atoms with Crippen LogP contribution in [0.5, 0.6) is 0 Å². The van der Waals surface area contributed by atoms with Crippen LogP contribution in [0.3, 0.4) is 0 Å². The molecule has 2 heterocycles. The van der Waals surface area contributed by atoms with Crippen molar-refractivity contribution >= 4 is 18.3 Å². The van der Waals surface area contributed by atoms with Gasteiger partial charge in [-0.25, -0.2) is 0 Å². The number of amides is 1. The molecule has 0 spiro atoms. The zero-order valence-electron chi connectivity index (χ0n) is 14.5. The number of hydrogen-bond donors (Lipinski definition) is 1. The number of nitrogens with one attached hydrogen (secondary N) is 1. The summed E-state index contributed by atoms with van der Waals surface area (Å²) in [6, 6.07) is 10.8. The molecule has 1 atom stereocenters. The first-order valence-corrected chi connectivity index (χ1v) is 9.06. The topological polar surface area (TPSA) is 35.6 Å². The maximum atomic E-state index is 12.3. The number of likely N-dealkylation sites (tertiary alicyclic amines) is 1. The van der Waals surface area contributed by atoms with Gasteiger partial charge in [0, 0.05) is 45.7 Å². The first-order valence-electron chi connectivity index (χ1n) is 9.06. The fourth-order valence-electron chi connectivity index (χ4n) is 3.79. The zero-order valence-corrected chi connectivity index (χ0v) is 15.3. The van der Waals surface area contributed by atoms with Crippen molar-refractivity contribution in [1.82, 2.24) is 15.1 Å². The lowest BCUT2D eigenvalue weighted by atomic mass is 9.91. The molecule has 0 saturated carbocycles. The van der Waals surface area contributed by atoms with Gasteiger partial charge in [0.15, 0.2) is 0 Å². The minimum atomic E-state index is 0. The van der Waals surface area contributed by atoms with E-state index in [2.05, 4.69) is 40.5 Å². The smallest absolute Gasteiger partial charge is 0.223 e. The molecule has 3 rings (SSSR count). The van der Waals surface area contributed by atoms with Gasteiger partial charge >= 0.3 is 0 Å². The molecule has 5 heteroatoms. The van der Waals surface area contributed by atoms with Crippen molar-refractivity contribution in [3.05, 3.63) is 35.9 Å².